The van der Waals surface area contributed by atoms with Gasteiger partial charge in [-0.1, -0.05) is 60.7 Å². The van der Waals surface area contributed by atoms with Gasteiger partial charge in [-0.25, -0.2) is 35.3 Å². The summed E-state index contributed by atoms with van der Waals surface area (Å²) in [6.45, 7) is 14.5. The molecule has 2 aromatic rings. The number of nitrogens with one attached hydrogen (secondary N) is 1. The highest BCUT2D eigenvalue weighted by Gasteiger charge is 2.49. The van der Waals surface area contributed by atoms with Crippen LogP contribution in [0.2, 0.25) is 0 Å². The van der Waals surface area contributed by atoms with Gasteiger partial charge in [0, 0.05) is 26.2 Å². The number of piperidine rings is 4. The zero-order chi connectivity index (χ0) is 51.3. The van der Waals surface area contributed by atoms with Crippen molar-refractivity contribution in [3.63, 3.8) is 0 Å². The predicted molar refractivity (Wildman–Crippen MR) is 257 cm³/mol. The molecule has 21 heteroatoms. The average Bonchev–Trinajstić information content (AvgIpc) is 3.71. The Labute approximate surface area is 416 Å². The number of rotatable bonds is 13. The third-order valence-electron chi connectivity index (χ3n) is 12.9. The van der Waals surface area contributed by atoms with E-state index in [9.17, 15) is 28.8 Å². The van der Waals surface area contributed by atoms with E-state index in [0.717, 1.165) is 56.2 Å². The molecule has 0 unspecified atom stereocenters. The molecule has 6 fully saturated rings. The van der Waals surface area contributed by atoms with Gasteiger partial charge in [-0.2, -0.15) is 10.1 Å². The van der Waals surface area contributed by atoms with Crippen molar-refractivity contribution in [2.75, 3.05) is 39.4 Å². The first-order valence-corrected chi connectivity index (χ1v) is 24.8. The molecule has 0 saturated carbocycles. The summed E-state index contributed by atoms with van der Waals surface area (Å²) in [7, 11) is 0. The maximum atomic E-state index is 12.9. The lowest BCUT2D eigenvalue weighted by Crippen LogP contribution is -2.52. The fourth-order valence-electron chi connectivity index (χ4n) is 9.42. The summed E-state index contributed by atoms with van der Waals surface area (Å²) in [4.78, 5) is 101. The number of carbonyl (C=O) groups excluding carboxylic acids is 5. The second kappa shape index (κ2) is 25.1. The van der Waals surface area contributed by atoms with E-state index in [4.69, 9.17) is 35.0 Å². The van der Waals surface area contributed by atoms with Gasteiger partial charge in [-0.15, -0.1) is 0 Å². The summed E-state index contributed by atoms with van der Waals surface area (Å²) in [5.41, 5.74) is 3.43. The largest absolute Gasteiger partial charge is 0.480 e. The van der Waals surface area contributed by atoms with Crippen molar-refractivity contribution in [2.24, 2.45) is 5.90 Å². The molecule has 6 aliphatic heterocycles. The molecule has 6 saturated heterocycles. The number of nitrogens with two attached hydrogens (primary N) is 1. The summed E-state index contributed by atoms with van der Waals surface area (Å²) in [5.74, 6) is 3.77. The highest BCUT2D eigenvalue weighted by atomic mass is 16.7. The van der Waals surface area contributed by atoms with E-state index in [1.165, 1.54) is 15.0 Å². The van der Waals surface area contributed by atoms with Gasteiger partial charge >= 0.3 is 30.2 Å². The van der Waals surface area contributed by atoms with Crippen molar-refractivity contribution in [1.29, 1.82) is 0 Å². The van der Waals surface area contributed by atoms with E-state index in [1.54, 1.807) is 14.7 Å². The first kappa shape index (κ1) is 54.6. The lowest BCUT2D eigenvalue weighted by atomic mass is 10.0. The Hall–Kier alpha value is -5.74. The Bertz CT molecular complexity index is 2090. The quantitative estimate of drug-likeness (QED) is 0.185. The molecule has 6 heterocycles. The number of carbonyl (C=O) groups is 6. The van der Waals surface area contributed by atoms with Crippen LogP contribution >= 0.6 is 0 Å². The Kier molecular flexibility index (Phi) is 19.3. The van der Waals surface area contributed by atoms with Gasteiger partial charge in [-0.3, -0.25) is 19.3 Å². The predicted octanol–water partition coefficient (Wildman–Crippen LogP) is 6.36. The summed E-state index contributed by atoms with van der Waals surface area (Å²) in [5, 5.41) is 11.9. The number of benzene rings is 2. The van der Waals surface area contributed by atoms with Crippen molar-refractivity contribution in [3.8, 4) is 0 Å². The standard InChI is InChI=1S/C25H36N4O6.C14H16N2O4.C11H22N2O3/c1-25(2,3)35-24(32)27-14-8-7-11-20(27)17-33-26-22(30)21-13-12-19-15-28(21)23(31)29(19)34-16-18-9-5-4-6-10-18;17-13(18)12-7-6-11-8-15(12)14(19)16(11)20-9-10-4-2-1-3-5-10;1-11(2,3)16-10(14)13-7-5-4-6-9(13)8-15-12/h4-6,9-10,19-21H,7-8,11-17H2,1-3H3,(H,26,30);1-5,11-12H,6-9H2,(H,17,18);9H,4-8,12H2,1-3H3/t19-,20+,21+;11-,12+;9-/m110/s1. The minimum absolute atomic E-state index is 0.0400. The van der Waals surface area contributed by atoms with Gasteiger partial charge in [0.15, 0.2) is 0 Å². The van der Waals surface area contributed by atoms with E-state index < -0.39 is 29.3 Å². The Morgan fingerprint density at radius 3 is 1.49 bits per heavy atom. The van der Waals surface area contributed by atoms with Crippen LogP contribution < -0.4 is 11.4 Å². The molecule has 4 bridgehead atoms. The number of fused-ring (bicyclic) bond motifs is 4. The Balaban J connectivity index is 0.000000193. The molecule has 0 spiro atoms. The molecule has 0 aromatic heterocycles. The SMILES string of the molecule is CC(C)(C)OC(=O)N1CCCC[C@H]1CON.CC(C)(C)OC(=O)N1CCCC[C@H]1CONC(=O)[C@@H]1CC[C@@H]2CN1C(=O)N2OCc1ccccc1.O=C(O)[C@@H]1CC[C@@H]2CN1C(=O)N2OCc1ccccc1. The molecule has 4 N–H and O–H groups in total. The number of hydrogen-bond donors (Lipinski definition) is 3. The number of urea groups is 2. The highest BCUT2D eigenvalue weighted by Crippen LogP contribution is 2.32. The zero-order valence-corrected chi connectivity index (χ0v) is 42.1. The van der Waals surface area contributed by atoms with Crippen LogP contribution in [0.1, 0.15) is 117 Å². The second-order valence-electron chi connectivity index (χ2n) is 20.6. The summed E-state index contributed by atoms with van der Waals surface area (Å²) >= 11 is 0. The van der Waals surface area contributed by atoms with Crippen LogP contribution in [0.3, 0.4) is 0 Å². The number of hydrogen-bond acceptors (Lipinski definition) is 13. The van der Waals surface area contributed by atoms with Gasteiger partial charge < -0.3 is 39.0 Å². The first-order valence-electron chi connectivity index (χ1n) is 24.8. The van der Waals surface area contributed by atoms with Crippen LogP contribution in [0.4, 0.5) is 19.2 Å². The fourth-order valence-corrected chi connectivity index (χ4v) is 9.42. The maximum absolute atomic E-state index is 12.9. The number of ether oxygens (including phenoxy) is 2. The highest BCUT2D eigenvalue weighted by molar-refractivity contribution is 5.88. The van der Waals surface area contributed by atoms with Crippen LogP contribution in [-0.4, -0.2) is 158 Å². The smallest absolute Gasteiger partial charge is 0.410 e. The molecule has 2 aromatic carbocycles. The van der Waals surface area contributed by atoms with Gasteiger partial charge in [0.25, 0.3) is 5.91 Å². The van der Waals surface area contributed by atoms with Gasteiger partial charge in [0.1, 0.15) is 36.5 Å². The summed E-state index contributed by atoms with van der Waals surface area (Å²) < 4.78 is 10.9. The number of hydroxylamine groups is 5. The van der Waals surface area contributed by atoms with E-state index in [1.807, 2.05) is 102 Å². The van der Waals surface area contributed by atoms with E-state index in [0.29, 0.717) is 65.1 Å². The number of likely N-dealkylation sites (tertiary alicyclic amines) is 2. The van der Waals surface area contributed by atoms with Crippen LogP contribution in [0, 0.1) is 0 Å². The number of nitrogens with zero attached hydrogens (tertiary/aromatic N) is 6. The third-order valence-corrected chi connectivity index (χ3v) is 12.9. The third kappa shape index (κ3) is 15.4. The molecule has 71 heavy (non-hydrogen) atoms. The topological polar surface area (TPSA) is 236 Å². The van der Waals surface area contributed by atoms with Crippen molar-refractivity contribution in [2.45, 2.75) is 166 Å². The van der Waals surface area contributed by atoms with Crippen molar-refractivity contribution >= 4 is 36.1 Å². The second-order valence-corrected chi connectivity index (χ2v) is 20.6. The van der Waals surface area contributed by atoms with Crippen LogP contribution in [0.25, 0.3) is 0 Å². The lowest BCUT2D eigenvalue weighted by Gasteiger charge is -2.36. The van der Waals surface area contributed by atoms with Crippen LogP contribution in [0.15, 0.2) is 60.7 Å². The molecule has 21 nitrogen and oxygen atoms in total. The minimum atomic E-state index is -0.943. The number of carboxylic acid groups (broad SMARTS) is 1. The number of amides is 7. The molecule has 0 aliphatic carbocycles. The van der Waals surface area contributed by atoms with Crippen LogP contribution in [-0.2, 0) is 51.6 Å². The Morgan fingerprint density at radius 2 is 1.06 bits per heavy atom. The molecule has 7 amide bonds. The fraction of sp³-hybridized carbons (Fsp3) is 0.640. The zero-order valence-electron chi connectivity index (χ0n) is 42.1. The van der Waals surface area contributed by atoms with Crippen molar-refractivity contribution < 1.29 is 62.7 Å². The molecule has 6 atom stereocenters. The molecule has 0 radical (unpaired) electrons. The molecule has 6 aliphatic rings. The average molecular weight is 995 g/mol. The normalized spacial score (nSPS) is 24.1. The van der Waals surface area contributed by atoms with Crippen molar-refractivity contribution in [3.05, 3.63) is 71.8 Å². The Morgan fingerprint density at radius 1 is 0.620 bits per heavy atom. The molecular formula is C50H74N8O13. The number of carboxylic acids is 1. The maximum Gasteiger partial charge on any atom is 0.410 e. The number of aliphatic carboxylic acids is 1. The van der Waals surface area contributed by atoms with Gasteiger partial charge in [-0.05, 0) is 117 Å². The van der Waals surface area contributed by atoms with Crippen molar-refractivity contribution in [1.82, 2.24) is 35.2 Å². The summed E-state index contributed by atoms with van der Waals surface area (Å²) in [6.07, 6.45) is 7.42. The monoisotopic (exact) mass is 995 g/mol. The molecule has 8 rings (SSSR count). The summed E-state index contributed by atoms with van der Waals surface area (Å²) in [6, 6.07) is 17.0. The lowest BCUT2D eigenvalue weighted by molar-refractivity contribution is -0.143. The first-order chi connectivity index (χ1) is 33.8. The van der Waals surface area contributed by atoms with Crippen LogP contribution in [0.5, 0.6) is 0 Å². The molecule has 392 valence electrons. The van der Waals surface area contributed by atoms with E-state index >= 15 is 0 Å². The van der Waals surface area contributed by atoms with E-state index in [2.05, 4.69) is 10.3 Å². The van der Waals surface area contributed by atoms with Gasteiger partial charge in [0.05, 0.1) is 37.4 Å². The minimum Gasteiger partial charge on any atom is -0.480 e. The molecular weight excluding hydrogens is 921 g/mol. The van der Waals surface area contributed by atoms with E-state index in [-0.39, 0.29) is 60.9 Å². The van der Waals surface area contributed by atoms with Gasteiger partial charge in [0.2, 0.25) is 0 Å².